The molecule has 0 heterocycles. The van der Waals surface area contributed by atoms with Crippen molar-refractivity contribution < 1.29 is 4.79 Å². The largest absolute Gasteiger partial charge is 0.382 e. The molecule has 1 aliphatic carbocycles. The summed E-state index contributed by atoms with van der Waals surface area (Å²) >= 11 is 0. The fourth-order valence-electron chi connectivity index (χ4n) is 3.15. The number of carbonyl (C=O) groups is 1. The lowest BCUT2D eigenvalue weighted by atomic mass is 9.84. The van der Waals surface area contributed by atoms with Crippen LogP contribution in [0.1, 0.15) is 63.2 Å². The van der Waals surface area contributed by atoms with Crippen LogP contribution in [0.5, 0.6) is 0 Å². The van der Waals surface area contributed by atoms with Gasteiger partial charge in [0, 0.05) is 17.8 Å². The number of carbonyl (C=O) groups excluding carboxylic acids is 1. The molecule has 1 aliphatic rings. The highest BCUT2D eigenvalue weighted by Gasteiger charge is 2.22. The number of amides is 1. The molecule has 1 atom stereocenters. The van der Waals surface area contributed by atoms with Crippen LogP contribution in [-0.2, 0) is 0 Å². The van der Waals surface area contributed by atoms with Crippen molar-refractivity contribution in [2.75, 3.05) is 5.32 Å². The molecule has 1 amide bonds. The number of hydrogen-bond donors (Lipinski definition) is 2. The van der Waals surface area contributed by atoms with Crippen molar-refractivity contribution in [1.82, 2.24) is 5.32 Å². The first-order valence-corrected chi connectivity index (χ1v) is 8.24. The molecule has 0 radical (unpaired) electrons. The van der Waals surface area contributed by atoms with Gasteiger partial charge in [-0.05, 0) is 51.7 Å². The Labute approximate surface area is 128 Å². The highest BCUT2D eigenvalue weighted by molar-refractivity contribution is 5.99. The second-order valence-electron chi connectivity index (χ2n) is 6.50. The third-order valence-corrected chi connectivity index (χ3v) is 4.33. The zero-order chi connectivity index (χ0) is 15.2. The number of hydrogen-bond acceptors (Lipinski definition) is 2. The number of anilines is 1. The minimum atomic E-state index is 0.0387. The maximum absolute atomic E-state index is 12.5. The van der Waals surface area contributed by atoms with Crippen molar-refractivity contribution in [1.29, 1.82) is 0 Å². The van der Waals surface area contributed by atoms with Crippen LogP contribution in [0.15, 0.2) is 24.3 Å². The number of benzene rings is 1. The maximum atomic E-state index is 12.5. The average molecular weight is 288 g/mol. The second kappa shape index (κ2) is 7.48. The van der Waals surface area contributed by atoms with Crippen LogP contribution in [0.3, 0.4) is 0 Å². The molecule has 3 nitrogen and oxygen atoms in total. The third-order valence-electron chi connectivity index (χ3n) is 4.33. The molecule has 0 saturated heterocycles. The summed E-state index contributed by atoms with van der Waals surface area (Å²) in [6, 6.07) is 8.32. The standard InChI is InChI=1S/C18H28N2O/c1-13(2)19-17-12-8-7-11-16(17)18(21)20-14(3)15-9-5-4-6-10-15/h7-8,11-15,19H,4-6,9-10H2,1-3H3,(H,20,21). The highest BCUT2D eigenvalue weighted by Crippen LogP contribution is 2.26. The van der Waals surface area contributed by atoms with Gasteiger partial charge in [-0.1, -0.05) is 31.4 Å². The van der Waals surface area contributed by atoms with Gasteiger partial charge in [0.25, 0.3) is 5.91 Å². The summed E-state index contributed by atoms with van der Waals surface area (Å²) in [5.74, 6) is 0.671. The third kappa shape index (κ3) is 4.48. The zero-order valence-electron chi connectivity index (χ0n) is 13.5. The predicted molar refractivity (Wildman–Crippen MR) is 88.7 cm³/mol. The molecule has 1 aromatic carbocycles. The predicted octanol–water partition coefficient (Wildman–Crippen LogP) is 4.21. The van der Waals surface area contributed by atoms with Crippen molar-refractivity contribution in [2.24, 2.45) is 5.92 Å². The molecule has 0 aromatic heterocycles. The zero-order valence-corrected chi connectivity index (χ0v) is 13.5. The molecular formula is C18H28N2O. The van der Waals surface area contributed by atoms with Crippen LogP contribution in [0.25, 0.3) is 0 Å². The first-order valence-electron chi connectivity index (χ1n) is 8.24. The first kappa shape index (κ1) is 15.9. The van der Waals surface area contributed by atoms with E-state index in [2.05, 4.69) is 31.4 Å². The molecular weight excluding hydrogens is 260 g/mol. The lowest BCUT2D eigenvalue weighted by molar-refractivity contribution is 0.0920. The van der Waals surface area contributed by atoms with Crippen LogP contribution in [-0.4, -0.2) is 18.0 Å². The Balaban J connectivity index is 2.02. The topological polar surface area (TPSA) is 41.1 Å². The summed E-state index contributed by atoms with van der Waals surface area (Å²) < 4.78 is 0. The summed E-state index contributed by atoms with van der Waals surface area (Å²) in [6.45, 7) is 6.31. The molecule has 0 bridgehead atoms. The first-order chi connectivity index (χ1) is 10.1. The van der Waals surface area contributed by atoms with Gasteiger partial charge in [-0.2, -0.15) is 0 Å². The van der Waals surface area contributed by atoms with Crippen LogP contribution in [0, 0.1) is 5.92 Å². The van der Waals surface area contributed by atoms with Crippen molar-refractivity contribution in [3.05, 3.63) is 29.8 Å². The van der Waals surface area contributed by atoms with Gasteiger partial charge in [-0.15, -0.1) is 0 Å². The summed E-state index contributed by atoms with van der Waals surface area (Å²) in [5, 5.41) is 6.55. The Kier molecular flexibility index (Phi) is 5.66. The fourth-order valence-corrected chi connectivity index (χ4v) is 3.15. The lowest BCUT2D eigenvalue weighted by Gasteiger charge is -2.28. The average Bonchev–Trinajstić information content (AvgIpc) is 2.48. The molecule has 1 unspecified atom stereocenters. The Morgan fingerprint density at radius 1 is 1.10 bits per heavy atom. The molecule has 1 fully saturated rings. The van der Waals surface area contributed by atoms with E-state index in [1.807, 2.05) is 24.3 Å². The molecule has 1 saturated carbocycles. The lowest BCUT2D eigenvalue weighted by Crippen LogP contribution is -2.39. The number of para-hydroxylation sites is 1. The smallest absolute Gasteiger partial charge is 0.253 e. The monoisotopic (exact) mass is 288 g/mol. The van der Waals surface area contributed by atoms with Gasteiger partial charge in [-0.3, -0.25) is 4.79 Å². The van der Waals surface area contributed by atoms with E-state index in [1.54, 1.807) is 0 Å². The summed E-state index contributed by atoms with van der Waals surface area (Å²) in [4.78, 5) is 12.5. The SMILES string of the molecule is CC(C)Nc1ccccc1C(=O)NC(C)C1CCCCC1. The van der Waals surface area contributed by atoms with Crippen LogP contribution < -0.4 is 10.6 Å². The van der Waals surface area contributed by atoms with Crippen LogP contribution in [0.4, 0.5) is 5.69 Å². The molecule has 2 N–H and O–H groups in total. The molecule has 2 rings (SSSR count). The van der Waals surface area contributed by atoms with Gasteiger partial charge in [-0.25, -0.2) is 0 Å². The van der Waals surface area contributed by atoms with Crippen LogP contribution in [0.2, 0.25) is 0 Å². The normalized spacial score (nSPS) is 17.5. The van der Waals surface area contributed by atoms with E-state index in [0.29, 0.717) is 12.0 Å². The molecule has 21 heavy (non-hydrogen) atoms. The quantitative estimate of drug-likeness (QED) is 0.852. The van der Waals surface area contributed by atoms with E-state index in [4.69, 9.17) is 0 Å². The van der Waals surface area contributed by atoms with E-state index in [1.165, 1.54) is 32.1 Å². The van der Waals surface area contributed by atoms with E-state index < -0.39 is 0 Å². The van der Waals surface area contributed by atoms with Crippen molar-refractivity contribution >= 4 is 11.6 Å². The van der Waals surface area contributed by atoms with Crippen molar-refractivity contribution in [3.63, 3.8) is 0 Å². The number of nitrogens with one attached hydrogen (secondary N) is 2. The highest BCUT2D eigenvalue weighted by atomic mass is 16.1. The summed E-state index contributed by atoms with van der Waals surface area (Å²) in [6.07, 6.45) is 6.44. The Morgan fingerprint density at radius 2 is 1.76 bits per heavy atom. The van der Waals surface area contributed by atoms with E-state index >= 15 is 0 Å². The molecule has 0 aliphatic heterocycles. The van der Waals surface area contributed by atoms with Crippen molar-refractivity contribution in [2.45, 2.75) is 65.0 Å². The molecule has 0 spiro atoms. The Bertz CT molecular complexity index is 464. The molecule has 3 heteroatoms. The van der Waals surface area contributed by atoms with Gasteiger partial charge < -0.3 is 10.6 Å². The second-order valence-corrected chi connectivity index (χ2v) is 6.50. The maximum Gasteiger partial charge on any atom is 0.253 e. The van der Waals surface area contributed by atoms with Gasteiger partial charge in [0.05, 0.1) is 5.56 Å². The van der Waals surface area contributed by atoms with Crippen LogP contribution >= 0.6 is 0 Å². The number of rotatable bonds is 5. The van der Waals surface area contributed by atoms with E-state index in [9.17, 15) is 4.79 Å². The van der Waals surface area contributed by atoms with Gasteiger partial charge in [0.1, 0.15) is 0 Å². The summed E-state index contributed by atoms with van der Waals surface area (Å²) in [5.41, 5.74) is 1.66. The van der Waals surface area contributed by atoms with Crippen molar-refractivity contribution in [3.8, 4) is 0 Å². The molecule has 1 aromatic rings. The van der Waals surface area contributed by atoms with Gasteiger partial charge >= 0.3 is 0 Å². The van der Waals surface area contributed by atoms with E-state index in [0.717, 1.165) is 11.3 Å². The Morgan fingerprint density at radius 3 is 2.43 bits per heavy atom. The molecule has 116 valence electrons. The van der Waals surface area contributed by atoms with Gasteiger partial charge in [0.2, 0.25) is 0 Å². The Hall–Kier alpha value is -1.51. The van der Waals surface area contributed by atoms with Gasteiger partial charge in [0.15, 0.2) is 0 Å². The van der Waals surface area contributed by atoms with E-state index in [-0.39, 0.29) is 11.9 Å². The minimum Gasteiger partial charge on any atom is -0.382 e. The summed E-state index contributed by atoms with van der Waals surface area (Å²) in [7, 11) is 0. The minimum absolute atomic E-state index is 0.0387. The fraction of sp³-hybridized carbons (Fsp3) is 0.611.